The molecular formula is C14H22Br2O3. The maximum atomic E-state index is 10.6. The number of hydrogen-bond donors (Lipinski definition) is 1. The van der Waals surface area contributed by atoms with E-state index in [9.17, 15) is 5.11 Å². The maximum Gasteiger partial charge on any atom is 0.185 e. The van der Waals surface area contributed by atoms with Gasteiger partial charge in [0.15, 0.2) is 5.79 Å². The molecule has 0 amide bonds. The number of fused-ring (bicyclic) bond motifs is 2. The molecule has 0 heterocycles. The number of hydrogen-bond acceptors (Lipinski definition) is 3. The van der Waals surface area contributed by atoms with Gasteiger partial charge in [-0.1, -0.05) is 58.0 Å². The van der Waals surface area contributed by atoms with E-state index in [0.717, 1.165) is 21.8 Å². The Balaban J connectivity index is 2.26. The summed E-state index contributed by atoms with van der Waals surface area (Å²) in [6.07, 6.45) is 4.15. The smallest absolute Gasteiger partial charge is 0.185 e. The lowest BCUT2D eigenvalue weighted by atomic mass is 9.86. The lowest BCUT2D eigenvalue weighted by molar-refractivity contribution is -0.236. The zero-order chi connectivity index (χ0) is 14.2. The summed E-state index contributed by atoms with van der Waals surface area (Å²) in [4.78, 5) is 0. The molecule has 3 nitrogen and oxygen atoms in total. The molecule has 4 atom stereocenters. The average molecular weight is 398 g/mol. The SMILES string of the molecule is CCCCC[C@@H]1[C@H](O)[C@@H]2C(Br)=C(Br)[C@H]1C2(OC)OC. The second kappa shape index (κ2) is 6.14. The molecule has 0 unspecified atom stereocenters. The largest absolute Gasteiger partial charge is 0.392 e. The molecular weight excluding hydrogens is 376 g/mol. The summed E-state index contributed by atoms with van der Waals surface area (Å²) >= 11 is 7.24. The molecule has 0 saturated heterocycles. The zero-order valence-corrected chi connectivity index (χ0v) is 14.8. The number of ether oxygens (including phenoxy) is 2. The predicted octanol–water partition coefficient (Wildman–Crippen LogP) is 3.79. The van der Waals surface area contributed by atoms with E-state index in [-0.39, 0.29) is 17.8 Å². The van der Waals surface area contributed by atoms with Crippen LogP contribution in [0.15, 0.2) is 8.96 Å². The fourth-order valence-electron chi connectivity index (χ4n) is 3.72. The van der Waals surface area contributed by atoms with Gasteiger partial charge in [-0.25, -0.2) is 0 Å². The topological polar surface area (TPSA) is 38.7 Å². The Hall–Kier alpha value is 0.580. The standard InChI is InChI=1S/C14H22Br2O3/c1-4-5-6-7-8-9-11(15)12(16)10(13(8)17)14(9,18-2)19-3/h8-10,13,17H,4-7H2,1-3H3/t8-,9-,10-,13-/m0/s1. The van der Waals surface area contributed by atoms with Gasteiger partial charge in [0.1, 0.15) is 0 Å². The Morgan fingerprint density at radius 3 is 2.16 bits per heavy atom. The molecule has 2 rings (SSSR count). The molecule has 5 heteroatoms. The van der Waals surface area contributed by atoms with Crippen molar-refractivity contribution in [3.63, 3.8) is 0 Å². The molecule has 2 aliphatic carbocycles. The number of halogens is 2. The average Bonchev–Trinajstić information content (AvgIpc) is 2.78. The first-order valence-electron chi connectivity index (χ1n) is 6.88. The molecule has 0 aromatic carbocycles. The van der Waals surface area contributed by atoms with E-state index < -0.39 is 11.9 Å². The molecule has 0 aromatic rings. The highest BCUT2D eigenvalue weighted by atomic mass is 79.9. The summed E-state index contributed by atoms with van der Waals surface area (Å²) in [5.74, 6) is -0.581. The minimum absolute atomic E-state index is 0.0775. The van der Waals surface area contributed by atoms with Crippen LogP contribution in [0.1, 0.15) is 32.6 Å². The van der Waals surface area contributed by atoms with Gasteiger partial charge in [0.05, 0.1) is 17.9 Å². The van der Waals surface area contributed by atoms with Crippen LogP contribution in [0.2, 0.25) is 0 Å². The van der Waals surface area contributed by atoms with Gasteiger partial charge in [-0.05, 0) is 12.3 Å². The van der Waals surface area contributed by atoms with Crippen molar-refractivity contribution in [2.45, 2.75) is 44.5 Å². The van der Waals surface area contributed by atoms with E-state index in [1.54, 1.807) is 14.2 Å². The summed E-state index contributed by atoms with van der Waals surface area (Å²) < 4.78 is 13.5. The Bertz CT molecular complexity index is 366. The van der Waals surface area contributed by atoms with Crippen LogP contribution < -0.4 is 0 Å². The van der Waals surface area contributed by atoms with Gasteiger partial charge in [0.2, 0.25) is 0 Å². The van der Waals surface area contributed by atoms with Gasteiger partial charge in [-0.3, -0.25) is 0 Å². The van der Waals surface area contributed by atoms with Crippen LogP contribution in [0.5, 0.6) is 0 Å². The highest BCUT2D eigenvalue weighted by Gasteiger charge is 2.67. The highest BCUT2D eigenvalue weighted by Crippen LogP contribution is 2.63. The molecule has 1 N–H and O–H groups in total. The second-order valence-electron chi connectivity index (χ2n) is 5.43. The third-order valence-electron chi connectivity index (χ3n) is 4.63. The summed E-state index contributed by atoms with van der Waals surface area (Å²) in [7, 11) is 3.33. The lowest BCUT2D eigenvalue weighted by Crippen LogP contribution is -2.42. The third kappa shape index (κ3) is 2.26. The van der Waals surface area contributed by atoms with Gasteiger partial charge < -0.3 is 14.6 Å². The first-order valence-corrected chi connectivity index (χ1v) is 8.47. The Morgan fingerprint density at radius 1 is 1.11 bits per heavy atom. The lowest BCUT2D eigenvalue weighted by Gasteiger charge is -2.32. The normalized spacial score (nSPS) is 36.3. The van der Waals surface area contributed by atoms with Gasteiger partial charge in [0, 0.05) is 23.2 Å². The number of rotatable bonds is 6. The van der Waals surface area contributed by atoms with E-state index in [0.29, 0.717) is 0 Å². The van der Waals surface area contributed by atoms with Crippen LogP contribution in [-0.4, -0.2) is 31.2 Å². The van der Waals surface area contributed by atoms with Crippen molar-refractivity contribution < 1.29 is 14.6 Å². The number of methoxy groups -OCH3 is 2. The van der Waals surface area contributed by atoms with Crippen LogP contribution >= 0.6 is 31.9 Å². The molecule has 2 bridgehead atoms. The van der Waals surface area contributed by atoms with Crippen LogP contribution in [0.25, 0.3) is 0 Å². The van der Waals surface area contributed by atoms with Crippen molar-refractivity contribution in [1.82, 2.24) is 0 Å². The molecule has 0 aromatic heterocycles. The van der Waals surface area contributed by atoms with E-state index >= 15 is 0 Å². The molecule has 0 radical (unpaired) electrons. The summed E-state index contributed by atoms with van der Waals surface area (Å²) in [5.41, 5.74) is 0. The summed E-state index contributed by atoms with van der Waals surface area (Å²) in [6.45, 7) is 2.19. The number of unbranched alkanes of at least 4 members (excludes halogenated alkanes) is 2. The van der Waals surface area contributed by atoms with E-state index in [2.05, 4.69) is 38.8 Å². The Labute approximate surface area is 132 Å². The Kier molecular flexibility index (Phi) is 5.16. The van der Waals surface area contributed by atoms with Crippen molar-refractivity contribution >= 4 is 31.9 Å². The van der Waals surface area contributed by atoms with Crippen molar-refractivity contribution in [2.24, 2.45) is 17.8 Å². The molecule has 0 spiro atoms. The van der Waals surface area contributed by atoms with Crippen LogP contribution in [0.3, 0.4) is 0 Å². The van der Waals surface area contributed by atoms with Crippen LogP contribution in [0.4, 0.5) is 0 Å². The van der Waals surface area contributed by atoms with Crippen molar-refractivity contribution in [1.29, 1.82) is 0 Å². The van der Waals surface area contributed by atoms with E-state index in [1.807, 2.05) is 0 Å². The fraction of sp³-hybridized carbons (Fsp3) is 0.857. The van der Waals surface area contributed by atoms with Crippen molar-refractivity contribution in [2.75, 3.05) is 14.2 Å². The second-order valence-corrected chi connectivity index (χ2v) is 7.14. The van der Waals surface area contributed by atoms with E-state index in [4.69, 9.17) is 9.47 Å². The van der Waals surface area contributed by atoms with Gasteiger partial charge in [0.25, 0.3) is 0 Å². The quantitative estimate of drug-likeness (QED) is 0.547. The van der Waals surface area contributed by atoms with Gasteiger partial charge in [-0.2, -0.15) is 0 Å². The summed E-state index contributed by atoms with van der Waals surface area (Å²) in [5, 5.41) is 10.6. The first-order chi connectivity index (χ1) is 9.05. The Morgan fingerprint density at radius 2 is 1.68 bits per heavy atom. The number of aliphatic hydroxyl groups excluding tert-OH is 1. The molecule has 0 aliphatic heterocycles. The monoisotopic (exact) mass is 396 g/mol. The molecule has 1 saturated carbocycles. The van der Waals surface area contributed by atoms with Gasteiger partial charge >= 0.3 is 0 Å². The van der Waals surface area contributed by atoms with Gasteiger partial charge in [-0.15, -0.1) is 0 Å². The zero-order valence-electron chi connectivity index (χ0n) is 11.7. The minimum atomic E-state index is -0.728. The summed E-state index contributed by atoms with van der Waals surface area (Å²) in [6, 6.07) is 0. The molecule has 19 heavy (non-hydrogen) atoms. The van der Waals surface area contributed by atoms with E-state index in [1.165, 1.54) is 12.8 Å². The fourth-order valence-corrected chi connectivity index (χ4v) is 5.46. The highest BCUT2D eigenvalue weighted by molar-refractivity contribution is 9.14. The maximum absolute atomic E-state index is 10.6. The third-order valence-corrected chi connectivity index (χ3v) is 7.00. The number of aliphatic hydroxyl groups is 1. The van der Waals surface area contributed by atoms with Crippen molar-refractivity contribution in [3.05, 3.63) is 8.96 Å². The van der Waals surface area contributed by atoms with Crippen LogP contribution in [0, 0.1) is 17.8 Å². The molecule has 110 valence electrons. The first kappa shape index (κ1) is 16.0. The predicted molar refractivity (Wildman–Crippen MR) is 82.2 cm³/mol. The van der Waals surface area contributed by atoms with Crippen LogP contribution in [-0.2, 0) is 9.47 Å². The molecule has 2 aliphatic rings. The minimum Gasteiger partial charge on any atom is -0.392 e. The molecule has 1 fully saturated rings. The van der Waals surface area contributed by atoms with Crippen molar-refractivity contribution in [3.8, 4) is 0 Å².